The summed E-state index contributed by atoms with van der Waals surface area (Å²) in [5.41, 5.74) is 2.17. The third kappa shape index (κ3) is 13.6. The molecule has 2 atom stereocenters. The number of ether oxygens (including phenoxy) is 6. The quantitative estimate of drug-likeness (QED) is 0.198. The predicted octanol–water partition coefficient (Wildman–Crippen LogP) is 3.35. The average molecular weight is 522 g/mol. The summed E-state index contributed by atoms with van der Waals surface area (Å²) in [4.78, 5) is 10.9. The fourth-order valence-corrected chi connectivity index (χ4v) is 3.39. The van der Waals surface area contributed by atoms with Crippen LogP contribution in [0.2, 0.25) is 0 Å². The van der Waals surface area contributed by atoms with Gasteiger partial charge in [-0.15, -0.1) is 0 Å². The summed E-state index contributed by atoms with van der Waals surface area (Å²) in [6.45, 7) is 4.85. The Morgan fingerprint density at radius 3 is 1.70 bits per heavy atom. The number of rotatable bonds is 21. The van der Waals surface area contributed by atoms with E-state index < -0.39 is 18.2 Å². The van der Waals surface area contributed by atoms with Crippen molar-refractivity contribution in [3.05, 3.63) is 71.8 Å². The van der Waals surface area contributed by atoms with Crippen molar-refractivity contribution in [1.82, 2.24) is 5.32 Å². The summed E-state index contributed by atoms with van der Waals surface area (Å²) in [7, 11) is 1.31. The maximum atomic E-state index is 14.8. The van der Waals surface area contributed by atoms with Gasteiger partial charge in [0, 0.05) is 6.54 Å². The number of esters is 1. The lowest BCUT2D eigenvalue weighted by Gasteiger charge is -2.23. The van der Waals surface area contributed by atoms with E-state index in [9.17, 15) is 9.18 Å². The van der Waals surface area contributed by atoms with E-state index >= 15 is 0 Å². The highest BCUT2D eigenvalue weighted by molar-refractivity contribution is 5.70. The van der Waals surface area contributed by atoms with Crippen molar-refractivity contribution in [2.45, 2.75) is 25.2 Å². The van der Waals surface area contributed by atoms with Crippen molar-refractivity contribution in [1.29, 1.82) is 0 Å². The van der Waals surface area contributed by atoms with Gasteiger partial charge in [-0.25, -0.2) is 9.18 Å². The van der Waals surface area contributed by atoms with Gasteiger partial charge in [0.15, 0.2) is 0 Å². The molecule has 0 fully saturated rings. The van der Waals surface area contributed by atoms with Crippen LogP contribution in [0.4, 0.5) is 4.39 Å². The van der Waals surface area contributed by atoms with Crippen LogP contribution in [-0.4, -0.2) is 91.4 Å². The zero-order valence-corrected chi connectivity index (χ0v) is 21.8. The minimum Gasteiger partial charge on any atom is -0.467 e. The van der Waals surface area contributed by atoms with E-state index in [1.165, 1.54) is 7.11 Å². The van der Waals surface area contributed by atoms with Crippen molar-refractivity contribution in [3.8, 4) is 0 Å². The molecule has 0 aromatic heterocycles. The molecule has 0 bridgehead atoms. The summed E-state index contributed by atoms with van der Waals surface area (Å²) in [5.74, 6) is -0.416. The Kier molecular flexibility index (Phi) is 16.4. The normalized spacial score (nSPS) is 13.0. The standard InChI is InChI=1S/C28H40FNO7/c1-23(37-20-19-35-16-15-33-13-14-34-17-18-36-22-27(31)32-2)26(29)21-30-28(24-9-5-3-6-10-24)25-11-7-4-8-12-25/h3-12,23,26,28,30H,13-22H2,1-2H3. The zero-order chi connectivity index (χ0) is 26.6. The molecule has 37 heavy (non-hydrogen) atoms. The summed E-state index contributed by atoms with van der Waals surface area (Å²) in [6.07, 6.45) is -1.72. The van der Waals surface area contributed by atoms with Crippen LogP contribution in [0.5, 0.6) is 0 Å². The Morgan fingerprint density at radius 2 is 1.22 bits per heavy atom. The number of nitrogens with one attached hydrogen (secondary N) is 1. The third-order valence-electron chi connectivity index (χ3n) is 5.46. The average Bonchev–Trinajstić information content (AvgIpc) is 2.94. The van der Waals surface area contributed by atoms with E-state index in [0.717, 1.165) is 11.1 Å². The smallest absolute Gasteiger partial charge is 0.331 e. The van der Waals surface area contributed by atoms with Gasteiger partial charge in [-0.2, -0.15) is 0 Å². The van der Waals surface area contributed by atoms with E-state index in [1.54, 1.807) is 6.92 Å². The maximum absolute atomic E-state index is 14.8. The highest BCUT2D eigenvalue weighted by atomic mass is 19.1. The zero-order valence-electron chi connectivity index (χ0n) is 21.8. The molecule has 0 amide bonds. The molecule has 2 rings (SSSR count). The van der Waals surface area contributed by atoms with Gasteiger partial charge in [0.05, 0.1) is 72.1 Å². The van der Waals surface area contributed by atoms with Crippen LogP contribution in [0.3, 0.4) is 0 Å². The number of carbonyl (C=O) groups is 1. The fourth-order valence-electron chi connectivity index (χ4n) is 3.39. The molecule has 0 heterocycles. The van der Waals surface area contributed by atoms with E-state index in [-0.39, 0.29) is 19.2 Å². The predicted molar refractivity (Wildman–Crippen MR) is 138 cm³/mol. The first-order valence-corrected chi connectivity index (χ1v) is 12.6. The summed E-state index contributed by atoms with van der Waals surface area (Å²) in [6, 6.07) is 19.9. The molecule has 8 nitrogen and oxygen atoms in total. The van der Waals surface area contributed by atoms with E-state index in [2.05, 4.69) is 10.1 Å². The molecule has 0 radical (unpaired) electrons. The van der Waals surface area contributed by atoms with Gasteiger partial charge in [-0.05, 0) is 18.1 Å². The molecule has 0 aliphatic heterocycles. The second-order valence-corrected chi connectivity index (χ2v) is 8.22. The number of benzene rings is 2. The lowest BCUT2D eigenvalue weighted by atomic mass is 9.98. The van der Waals surface area contributed by atoms with Gasteiger partial charge in [0.1, 0.15) is 12.8 Å². The lowest BCUT2D eigenvalue weighted by molar-refractivity contribution is -0.146. The monoisotopic (exact) mass is 521 g/mol. The number of methoxy groups -OCH3 is 1. The van der Waals surface area contributed by atoms with Crippen LogP contribution < -0.4 is 5.32 Å². The van der Waals surface area contributed by atoms with Gasteiger partial charge in [-0.1, -0.05) is 60.7 Å². The van der Waals surface area contributed by atoms with Crippen molar-refractivity contribution in [2.24, 2.45) is 0 Å². The van der Waals surface area contributed by atoms with Crippen LogP contribution in [-0.2, 0) is 33.2 Å². The molecule has 206 valence electrons. The minimum absolute atomic E-state index is 0.0813. The van der Waals surface area contributed by atoms with Gasteiger partial charge in [0.25, 0.3) is 0 Å². The molecule has 2 aromatic rings. The molecule has 0 aliphatic carbocycles. The van der Waals surface area contributed by atoms with Crippen molar-refractivity contribution in [3.63, 3.8) is 0 Å². The van der Waals surface area contributed by atoms with Crippen LogP contribution >= 0.6 is 0 Å². The SMILES string of the molecule is COC(=O)COCCOCCOCCOCCOC(C)C(F)CNC(c1ccccc1)c1ccccc1. The van der Waals surface area contributed by atoms with Crippen molar-refractivity contribution >= 4 is 5.97 Å². The Morgan fingerprint density at radius 1 is 0.757 bits per heavy atom. The number of hydrogen-bond acceptors (Lipinski definition) is 8. The highest BCUT2D eigenvalue weighted by Crippen LogP contribution is 2.22. The first-order valence-electron chi connectivity index (χ1n) is 12.6. The Labute approximate surface area is 219 Å². The van der Waals surface area contributed by atoms with Crippen LogP contribution in [0.15, 0.2) is 60.7 Å². The van der Waals surface area contributed by atoms with Crippen LogP contribution in [0.1, 0.15) is 24.1 Å². The number of halogens is 1. The lowest BCUT2D eigenvalue weighted by Crippen LogP contribution is -2.36. The second kappa shape index (κ2) is 19.7. The topological polar surface area (TPSA) is 84.5 Å². The molecule has 0 saturated heterocycles. The van der Waals surface area contributed by atoms with Gasteiger partial charge in [0.2, 0.25) is 0 Å². The number of hydrogen-bond donors (Lipinski definition) is 1. The minimum atomic E-state index is -1.16. The fraction of sp³-hybridized carbons (Fsp3) is 0.536. The van der Waals surface area contributed by atoms with Crippen LogP contribution in [0, 0.1) is 0 Å². The van der Waals surface area contributed by atoms with Crippen molar-refractivity contribution < 1.29 is 37.6 Å². The molecule has 9 heteroatoms. The molecular weight excluding hydrogens is 481 g/mol. The van der Waals surface area contributed by atoms with E-state index in [1.807, 2.05) is 60.7 Å². The highest BCUT2D eigenvalue weighted by Gasteiger charge is 2.20. The Balaban J connectivity index is 1.50. The maximum Gasteiger partial charge on any atom is 0.331 e. The van der Waals surface area contributed by atoms with Crippen LogP contribution in [0.25, 0.3) is 0 Å². The summed E-state index contributed by atoms with van der Waals surface area (Å²) >= 11 is 0. The van der Waals surface area contributed by atoms with Gasteiger partial charge >= 0.3 is 5.97 Å². The van der Waals surface area contributed by atoms with Gasteiger partial charge < -0.3 is 33.7 Å². The summed E-state index contributed by atoms with van der Waals surface area (Å²) in [5, 5.41) is 3.35. The molecule has 0 aliphatic rings. The van der Waals surface area contributed by atoms with E-state index in [0.29, 0.717) is 52.9 Å². The van der Waals surface area contributed by atoms with Gasteiger partial charge in [-0.3, -0.25) is 0 Å². The Hall–Kier alpha value is -2.40. The first-order chi connectivity index (χ1) is 18.1. The van der Waals surface area contributed by atoms with Crippen molar-refractivity contribution in [2.75, 3.05) is 73.1 Å². The second-order valence-electron chi connectivity index (χ2n) is 8.22. The van der Waals surface area contributed by atoms with E-state index in [4.69, 9.17) is 23.7 Å². The molecule has 2 aromatic carbocycles. The third-order valence-corrected chi connectivity index (χ3v) is 5.46. The number of carbonyl (C=O) groups excluding carboxylic acids is 1. The molecule has 0 saturated carbocycles. The summed E-state index contributed by atoms with van der Waals surface area (Å²) < 4.78 is 46.2. The molecule has 1 N–H and O–H groups in total. The first kappa shape index (κ1) is 30.8. The molecular formula is C28H40FNO7. The number of alkyl halides is 1. The molecule has 0 spiro atoms. The Bertz CT molecular complexity index is 788. The largest absolute Gasteiger partial charge is 0.467 e. The molecule has 2 unspecified atom stereocenters.